The summed E-state index contributed by atoms with van der Waals surface area (Å²) >= 11 is 3.49. The third-order valence-electron chi connectivity index (χ3n) is 3.81. The van der Waals surface area contributed by atoms with Crippen LogP contribution in [0.5, 0.6) is 0 Å². The molecule has 1 heterocycles. The van der Waals surface area contributed by atoms with E-state index in [1.54, 1.807) is 27.1 Å². The summed E-state index contributed by atoms with van der Waals surface area (Å²) in [6.45, 7) is 5.00. The smallest absolute Gasteiger partial charge is 0.154 e. The van der Waals surface area contributed by atoms with Crippen molar-refractivity contribution in [2.24, 2.45) is 0 Å². The highest BCUT2D eigenvalue weighted by Crippen LogP contribution is 2.35. The number of rotatable bonds is 7. The van der Waals surface area contributed by atoms with Crippen LogP contribution in [-0.2, 0) is 16.4 Å². The lowest BCUT2D eigenvalue weighted by molar-refractivity contribution is 0.353. The lowest BCUT2D eigenvalue weighted by atomic mass is 10.00. The summed E-state index contributed by atoms with van der Waals surface area (Å²) < 4.78 is 26.0. The van der Waals surface area contributed by atoms with E-state index in [-0.39, 0.29) is 6.04 Å². The van der Waals surface area contributed by atoms with Gasteiger partial charge in [-0.15, -0.1) is 0 Å². The first kappa shape index (κ1) is 18.6. The normalized spacial score (nSPS) is 14.7. The van der Waals surface area contributed by atoms with Crippen molar-refractivity contribution in [3.8, 4) is 0 Å². The largest absolute Gasteiger partial charge is 0.310 e. The number of likely N-dealkylation sites (N-methyl/N-ethyl adjacent to an activating group) is 1. The van der Waals surface area contributed by atoms with Gasteiger partial charge in [-0.05, 0) is 50.9 Å². The van der Waals surface area contributed by atoms with Gasteiger partial charge in [-0.2, -0.15) is 5.10 Å². The molecule has 0 fully saturated rings. The van der Waals surface area contributed by atoms with E-state index < -0.39 is 14.6 Å². The molecule has 1 N–H and O–H groups in total. The van der Waals surface area contributed by atoms with E-state index in [0.29, 0.717) is 6.54 Å². The van der Waals surface area contributed by atoms with Gasteiger partial charge in [0.15, 0.2) is 9.84 Å². The SMILES string of the molecule is CNC(c1c(Br)cnn1CCN(C)C)C(C)(C)S(C)(=O)=O. The Morgan fingerprint density at radius 1 is 1.48 bits per heavy atom. The first-order valence-corrected chi connectivity index (χ1v) is 9.43. The van der Waals surface area contributed by atoms with Crippen LogP contribution in [0.15, 0.2) is 10.7 Å². The molecule has 6 nitrogen and oxygen atoms in total. The second-order valence-electron chi connectivity index (χ2n) is 6.00. The Bertz CT molecular complexity index is 581. The van der Waals surface area contributed by atoms with E-state index in [1.807, 2.05) is 18.8 Å². The molecular formula is C13H25BrN4O2S. The second-order valence-corrected chi connectivity index (χ2v) is 9.45. The maximum absolute atomic E-state index is 12.1. The molecule has 21 heavy (non-hydrogen) atoms. The van der Waals surface area contributed by atoms with Crippen LogP contribution in [0.3, 0.4) is 0 Å². The van der Waals surface area contributed by atoms with Crippen molar-refractivity contribution in [3.05, 3.63) is 16.4 Å². The van der Waals surface area contributed by atoms with Crippen molar-refractivity contribution in [3.63, 3.8) is 0 Å². The summed E-state index contributed by atoms with van der Waals surface area (Å²) in [5.41, 5.74) is 0.856. The number of aromatic nitrogens is 2. The van der Waals surface area contributed by atoms with Gasteiger partial charge >= 0.3 is 0 Å². The number of nitrogens with one attached hydrogen (secondary N) is 1. The molecule has 1 aromatic rings. The van der Waals surface area contributed by atoms with E-state index in [9.17, 15) is 8.42 Å². The zero-order valence-electron chi connectivity index (χ0n) is 13.5. The Kier molecular flexibility index (Phi) is 5.99. The van der Waals surface area contributed by atoms with Gasteiger partial charge in [-0.1, -0.05) is 0 Å². The van der Waals surface area contributed by atoms with Crippen molar-refractivity contribution < 1.29 is 8.42 Å². The maximum atomic E-state index is 12.1. The number of halogens is 1. The lowest BCUT2D eigenvalue weighted by Crippen LogP contribution is -2.45. The van der Waals surface area contributed by atoms with Crippen molar-refractivity contribution in [1.82, 2.24) is 20.0 Å². The predicted molar refractivity (Wildman–Crippen MR) is 89.2 cm³/mol. The van der Waals surface area contributed by atoms with Crippen molar-refractivity contribution in [1.29, 1.82) is 0 Å². The second kappa shape index (κ2) is 6.76. The van der Waals surface area contributed by atoms with Crippen molar-refractivity contribution in [2.75, 3.05) is 33.9 Å². The Hall–Kier alpha value is -0.440. The van der Waals surface area contributed by atoms with Crippen LogP contribution in [0.25, 0.3) is 0 Å². The monoisotopic (exact) mass is 380 g/mol. The number of hydrogen-bond acceptors (Lipinski definition) is 5. The molecule has 0 aliphatic carbocycles. The van der Waals surface area contributed by atoms with E-state index in [2.05, 4.69) is 31.2 Å². The fraction of sp³-hybridized carbons (Fsp3) is 0.769. The van der Waals surface area contributed by atoms with Gasteiger partial charge in [-0.25, -0.2) is 8.42 Å². The highest BCUT2D eigenvalue weighted by atomic mass is 79.9. The molecule has 0 amide bonds. The standard InChI is InChI=1S/C13H25BrN4O2S/c1-13(2,21(6,19)20)12(15-3)11-10(14)9-16-18(11)8-7-17(4)5/h9,12,15H,7-8H2,1-6H3. The zero-order valence-corrected chi connectivity index (χ0v) is 15.9. The summed E-state index contributed by atoms with van der Waals surface area (Å²) in [7, 11) is 2.52. The van der Waals surface area contributed by atoms with Gasteiger partial charge in [0.2, 0.25) is 0 Å². The molecule has 1 atom stereocenters. The molecule has 0 aliphatic rings. The average Bonchev–Trinajstić information content (AvgIpc) is 2.68. The van der Waals surface area contributed by atoms with Gasteiger partial charge in [-0.3, -0.25) is 4.68 Å². The minimum absolute atomic E-state index is 0.355. The first-order valence-electron chi connectivity index (χ1n) is 6.75. The van der Waals surface area contributed by atoms with Crippen LogP contribution in [0, 0.1) is 0 Å². The van der Waals surface area contributed by atoms with Gasteiger partial charge in [0.25, 0.3) is 0 Å². The first-order chi connectivity index (χ1) is 9.52. The van der Waals surface area contributed by atoms with Gasteiger partial charge < -0.3 is 10.2 Å². The molecule has 122 valence electrons. The number of nitrogens with zero attached hydrogens (tertiary/aromatic N) is 3. The number of hydrogen-bond donors (Lipinski definition) is 1. The van der Waals surface area contributed by atoms with Gasteiger partial charge in [0, 0.05) is 12.8 Å². The lowest BCUT2D eigenvalue weighted by Gasteiger charge is -2.33. The highest BCUT2D eigenvalue weighted by molar-refractivity contribution is 9.10. The Morgan fingerprint density at radius 3 is 2.48 bits per heavy atom. The third-order valence-corrected chi connectivity index (χ3v) is 6.56. The fourth-order valence-electron chi connectivity index (χ4n) is 2.16. The molecule has 0 saturated heterocycles. The quantitative estimate of drug-likeness (QED) is 0.771. The van der Waals surface area contributed by atoms with Gasteiger partial charge in [0.1, 0.15) is 0 Å². The van der Waals surface area contributed by atoms with Crippen LogP contribution >= 0.6 is 15.9 Å². The summed E-state index contributed by atoms with van der Waals surface area (Å²) in [5.74, 6) is 0. The Labute approximate surface area is 135 Å². The highest BCUT2D eigenvalue weighted by Gasteiger charge is 2.41. The molecule has 8 heteroatoms. The Balaban J connectivity index is 3.26. The summed E-state index contributed by atoms with van der Waals surface area (Å²) in [6, 6.07) is -0.355. The molecule has 1 rings (SSSR count). The van der Waals surface area contributed by atoms with Crippen LogP contribution in [0.4, 0.5) is 0 Å². The van der Waals surface area contributed by atoms with Gasteiger partial charge in [0.05, 0.1) is 33.7 Å². The van der Waals surface area contributed by atoms with E-state index >= 15 is 0 Å². The predicted octanol–water partition coefficient (Wildman–Crippen LogP) is 1.29. The van der Waals surface area contributed by atoms with Crippen molar-refractivity contribution in [2.45, 2.75) is 31.2 Å². The summed E-state index contributed by atoms with van der Waals surface area (Å²) in [4.78, 5) is 2.06. The molecule has 0 aliphatic heterocycles. The van der Waals surface area contributed by atoms with Crippen LogP contribution in [-0.4, -0.2) is 61.8 Å². The van der Waals surface area contributed by atoms with E-state index in [0.717, 1.165) is 16.7 Å². The summed E-state index contributed by atoms with van der Waals surface area (Å²) in [6.07, 6.45) is 2.99. The molecule has 0 radical (unpaired) electrons. The molecule has 0 aromatic carbocycles. The molecule has 1 aromatic heterocycles. The number of sulfone groups is 1. The van der Waals surface area contributed by atoms with E-state index in [4.69, 9.17) is 0 Å². The topological polar surface area (TPSA) is 67.2 Å². The minimum atomic E-state index is -3.24. The molecule has 1 unspecified atom stereocenters. The summed E-state index contributed by atoms with van der Waals surface area (Å²) in [5, 5.41) is 7.50. The third kappa shape index (κ3) is 4.06. The van der Waals surface area contributed by atoms with Crippen molar-refractivity contribution >= 4 is 25.8 Å². The Morgan fingerprint density at radius 2 is 2.05 bits per heavy atom. The molecule has 0 spiro atoms. The van der Waals surface area contributed by atoms with Crippen LogP contribution in [0.2, 0.25) is 0 Å². The molecule has 0 saturated carbocycles. The maximum Gasteiger partial charge on any atom is 0.154 e. The van der Waals surface area contributed by atoms with Crippen LogP contribution in [0.1, 0.15) is 25.6 Å². The average molecular weight is 381 g/mol. The minimum Gasteiger partial charge on any atom is -0.310 e. The van der Waals surface area contributed by atoms with Crippen LogP contribution < -0.4 is 5.32 Å². The van der Waals surface area contributed by atoms with E-state index in [1.165, 1.54) is 6.26 Å². The zero-order chi connectivity index (χ0) is 16.4. The molecule has 0 bridgehead atoms. The molecular weight excluding hydrogens is 356 g/mol. The fourth-order valence-corrected chi connectivity index (χ4v) is 3.34.